The summed E-state index contributed by atoms with van der Waals surface area (Å²) in [6, 6.07) is 0. The molecule has 0 rings (SSSR count). The number of hydrogen-bond donors (Lipinski definition) is 1. The predicted octanol–water partition coefficient (Wildman–Crippen LogP) is 1.88. The Morgan fingerprint density at radius 1 is 1.06 bits per heavy atom. The molecule has 0 unspecified atom stereocenters. The lowest BCUT2D eigenvalue weighted by Gasteiger charge is -2.04. The van der Waals surface area contributed by atoms with Gasteiger partial charge in [-0.3, -0.25) is 4.79 Å². The molecule has 0 saturated carbocycles. The number of Topliss-reactive ketones (excluding diaryl/α,β-unsaturated/α-hetero) is 1. The maximum Gasteiger partial charge on any atom is 0.132 e. The van der Waals surface area contributed by atoms with Crippen LogP contribution in [0, 0.1) is 5.92 Å². The van der Waals surface area contributed by atoms with Gasteiger partial charge in [-0.1, -0.05) is 20.8 Å². The molecule has 0 aromatic rings. The number of ketones is 1. The van der Waals surface area contributed by atoms with Crippen molar-refractivity contribution in [3.8, 4) is 0 Å². The minimum absolute atomic E-state index is 0.163. The second-order valence-corrected chi connectivity index (χ2v) is 4.51. The summed E-state index contributed by atoms with van der Waals surface area (Å²) < 4.78 is 10.4. The Morgan fingerprint density at radius 2 is 1.53 bits per heavy atom. The Bertz CT molecular complexity index is 158. The highest BCUT2D eigenvalue weighted by Gasteiger charge is 1.93. The first-order chi connectivity index (χ1) is 8.00. The van der Waals surface area contributed by atoms with Crippen LogP contribution in [0.4, 0.5) is 0 Å². The average molecular weight is 247 g/mol. The van der Waals surface area contributed by atoms with Crippen molar-refractivity contribution in [3.63, 3.8) is 0 Å². The van der Waals surface area contributed by atoms with Crippen molar-refractivity contribution in [3.05, 3.63) is 0 Å². The van der Waals surface area contributed by atoms with Crippen LogP contribution in [-0.4, -0.2) is 45.8 Å². The van der Waals surface area contributed by atoms with Gasteiger partial charge in [-0.25, -0.2) is 0 Å². The van der Waals surface area contributed by atoms with Crippen molar-refractivity contribution in [2.75, 3.05) is 40.0 Å². The first kappa shape index (κ1) is 18.9. The zero-order valence-electron chi connectivity index (χ0n) is 12.0. The van der Waals surface area contributed by atoms with E-state index in [1.807, 2.05) is 7.05 Å². The number of ether oxygens (including phenoxy) is 2. The van der Waals surface area contributed by atoms with Gasteiger partial charge in [0.25, 0.3) is 0 Å². The van der Waals surface area contributed by atoms with E-state index >= 15 is 0 Å². The molecule has 0 aliphatic carbocycles. The zero-order valence-corrected chi connectivity index (χ0v) is 12.0. The molecule has 4 heteroatoms. The minimum Gasteiger partial charge on any atom is -0.379 e. The van der Waals surface area contributed by atoms with Crippen LogP contribution in [0.5, 0.6) is 0 Å². The van der Waals surface area contributed by atoms with E-state index in [-0.39, 0.29) is 5.78 Å². The van der Waals surface area contributed by atoms with Crippen LogP contribution < -0.4 is 5.32 Å². The summed E-state index contributed by atoms with van der Waals surface area (Å²) in [4.78, 5) is 10.5. The van der Waals surface area contributed by atoms with Crippen LogP contribution in [0.1, 0.15) is 34.1 Å². The van der Waals surface area contributed by atoms with E-state index in [0.717, 1.165) is 12.5 Å². The van der Waals surface area contributed by atoms with E-state index in [1.165, 1.54) is 0 Å². The molecule has 1 N–H and O–H groups in total. The molecule has 0 bridgehead atoms. The highest BCUT2D eigenvalue weighted by molar-refractivity contribution is 5.75. The third kappa shape index (κ3) is 31.3. The molecular weight excluding hydrogens is 218 g/mol. The summed E-state index contributed by atoms with van der Waals surface area (Å²) in [7, 11) is 1.88. The van der Waals surface area contributed by atoms with Crippen LogP contribution in [-0.2, 0) is 14.3 Å². The maximum absolute atomic E-state index is 10.5. The molecule has 4 nitrogen and oxygen atoms in total. The molecule has 0 aromatic heterocycles. The molecule has 104 valence electrons. The van der Waals surface area contributed by atoms with Crippen molar-refractivity contribution < 1.29 is 14.3 Å². The number of nitrogens with one attached hydrogen (secondary N) is 1. The highest BCUT2D eigenvalue weighted by atomic mass is 16.5. The van der Waals surface area contributed by atoms with E-state index < -0.39 is 0 Å². The van der Waals surface area contributed by atoms with Crippen molar-refractivity contribution in [2.24, 2.45) is 5.92 Å². The number of likely N-dealkylation sites (N-methyl/N-ethyl adjacent to an activating group) is 1. The fourth-order valence-electron chi connectivity index (χ4n) is 0.712. The van der Waals surface area contributed by atoms with E-state index in [1.54, 1.807) is 6.92 Å². The summed E-state index contributed by atoms with van der Waals surface area (Å²) in [5.74, 6) is 0.996. The summed E-state index contributed by atoms with van der Waals surface area (Å²) >= 11 is 0. The fourth-order valence-corrected chi connectivity index (χ4v) is 0.712. The normalized spacial score (nSPS) is 10.0. The molecule has 17 heavy (non-hydrogen) atoms. The van der Waals surface area contributed by atoms with Crippen molar-refractivity contribution in [1.82, 2.24) is 5.32 Å². The third-order valence-electron chi connectivity index (χ3n) is 1.47. The lowest BCUT2D eigenvalue weighted by molar-refractivity contribution is -0.118. The molecule has 0 atom stereocenters. The van der Waals surface area contributed by atoms with Gasteiger partial charge < -0.3 is 14.8 Å². The standard InChI is InChI=1S/C9H19NO3.C4H10/c1-9(11)3-5-12-7-8-13-6-4-10-2;1-4(2)3/h10H,3-8H2,1-2H3;4H,1-3H3. The smallest absolute Gasteiger partial charge is 0.132 e. The van der Waals surface area contributed by atoms with Crippen molar-refractivity contribution in [2.45, 2.75) is 34.1 Å². The summed E-state index contributed by atoms with van der Waals surface area (Å²) in [6.07, 6.45) is 0.497. The van der Waals surface area contributed by atoms with Crippen molar-refractivity contribution in [1.29, 1.82) is 0 Å². The largest absolute Gasteiger partial charge is 0.379 e. The first-order valence-corrected chi connectivity index (χ1v) is 6.30. The van der Waals surface area contributed by atoms with Gasteiger partial charge in [-0.15, -0.1) is 0 Å². The maximum atomic E-state index is 10.5. The average Bonchev–Trinajstić information content (AvgIpc) is 2.21. The van der Waals surface area contributed by atoms with Crippen LogP contribution in [0.2, 0.25) is 0 Å². The minimum atomic E-state index is 0.163. The summed E-state index contributed by atoms with van der Waals surface area (Å²) in [5, 5.41) is 2.97. The summed E-state index contributed by atoms with van der Waals surface area (Å²) in [5.41, 5.74) is 0. The zero-order chi connectivity index (χ0) is 13.5. The molecule has 0 spiro atoms. The van der Waals surface area contributed by atoms with E-state index in [2.05, 4.69) is 26.1 Å². The Kier molecular flexibility index (Phi) is 17.3. The van der Waals surface area contributed by atoms with Gasteiger partial charge in [0.05, 0.1) is 26.4 Å². The number of rotatable bonds is 9. The molecule has 0 fully saturated rings. The SMILES string of the molecule is CC(C)C.CNCCOCCOCCC(C)=O. The van der Waals surface area contributed by atoms with E-state index in [4.69, 9.17) is 9.47 Å². The monoisotopic (exact) mass is 247 g/mol. The summed E-state index contributed by atoms with van der Waals surface area (Å²) in [6.45, 7) is 11.3. The molecule has 0 amide bonds. The van der Waals surface area contributed by atoms with Crippen LogP contribution in [0.15, 0.2) is 0 Å². The van der Waals surface area contributed by atoms with Crippen LogP contribution >= 0.6 is 0 Å². The Hall–Kier alpha value is -0.450. The van der Waals surface area contributed by atoms with Gasteiger partial charge >= 0.3 is 0 Å². The van der Waals surface area contributed by atoms with Crippen molar-refractivity contribution >= 4 is 5.78 Å². The van der Waals surface area contributed by atoms with Crippen LogP contribution in [0.25, 0.3) is 0 Å². The third-order valence-corrected chi connectivity index (χ3v) is 1.47. The molecule has 0 aliphatic rings. The van der Waals surface area contributed by atoms with Gasteiger partial charge in [0, 0.05) is 13.0 Å². The second kappa shape index (κ2) is 15.6. The van der Waals surface area contributed by atoms with E-state index in [9.17, 15) is 4.79 Å². The fraction of sp³-hybridized carbons (Fsp3) is 0.923. The first-order valence-electron chi connectivity index (χ1n) is 6.30. The molecule has 0 aromatic carbocycles. The lowest BCUT2D eigenvalue weighted by Crippen LogP contribution is -2.16. The van der Waals surface area contributed by atoms with E-state index in [0.29, 0.717) is 32.8 Å². The molecular formula is C13H29NO3. The quantitative estimate of drug-likeness (QED) is 0.632. The van der Waals surface area contributed by atoms with Gasteiger partial charge in [0.1, 0.15) is 5.78 Å². The molecule has 0 aliphatic heterocycles. The van der Waals surface area contributed by atoms with Crippen LogP contribution in [0.3, 0.4) is 0 Å². The van der Waals surface area contributed by atoms with Gasteiger partial charge in [-0.05, 0) is 19.9 Å². The Morgan fingerprint density at radius 3 is 1.94 bits per heavy atom. The highest BCUT2D eigenvalue weighted by Crippen LogP contribution is 1.84. The van der Waals surface area contributed by atoms with Gasteiger partial charge in [0.2, 0.25) is 0 Å². The Balaban J connectivity index is 0. The Labute approximate surface area is 106 Å². The van der Waals surface area contributed by atoms with Gasteiger partial charge in [-0.2, -0.15) is 0 Å². The molecule has 0 heterocycles. The number of hydrogen-bond acceptors (Lipinski definition) is 4. The van der Waals surface area contributed by atoms with Gasteiger partial charge in [0.15, 0.2) is 0 Å². The predicted molar refractivity (Wildman–Crippen MR) is 71.4 cm³/mol. The number of carbonyl (C=O) groups is 1. The molecule has 0 radical (unpaired) electrons. The molecule has 0 saturated heterocycles. The lowest BCUT2D eigenvalue weighted by atomic mass is 10.3. The second-order valence-electron chi connectivity index (χ2n) is 4.51. The number of carbonyl (C=O) groups excluding carboxylic acids is 1. The topological polar surface area (TPSA) is 47.6 Å².